The predicted molar refractivity (Wildman–Crippen MR) is 72.4 cm³/mol. The van der Waals surface area contributed by atoms with Crippen LogP contribution in [0.25, 0.3) is 0 Å². The van der Waals surface area contributed by atoms with Crippen LogP contribution in [0.2, 0.25) is 0 Å². The van der Waals surface area contributed by atoms with Gasteiger partial charge in [-0.15, -0.1) is 0 Å². The number of rotatable bonds is 5. The molecule has 0 amide bonds. The Bertz CT molecular complexity index is 561. The molecule has 0 saturated carbocycles. The van der Waals surface area contributed by atoms with Crippen molar-refractivity contribution in [2.24, 2.45) is 0 Å². The Labute approximate surface area is 117 Å². The summed E-state index contributed by atoms with van der Waals surface area (Å²) in [6, 6.07) is 0. The van der Waals surface area contributed by atoms with E-state index < -0.39 is 16.2 Å². The second-order valence-corrected chi connectivity index (χ2v) is 6.41. The molecular weight excluding hydrogens is 284 g/mol. The van der Waals surface area contributed by atoms with Crippen LogP contribution in [0.5, 0.6) is 0 Å². The van der Waals surface area contributed by atoms with Crippen LogP contribution in [0.15, 0.2) is 12.4 Å². The third kappa shape index (κ3) is 3.94. The Morgan fingerprint density at radius 1 is 1.30 bits per heavy atom. The number of aliphatic carboxylic acids is 1. The van der Waals surface area contributed by atoms with Gasteiger partial charge in [-0.1, -0.05) is 12.8 Å². The minimum absolute atomic E-state index is 0.274. The molecule has 0 bridgehead atoms. The molecule has 0 radical (unpaired) electrons. The smallest absolute Gasteiger partial charge is 0.325 e. The van der Waals surface area contributed by atoms with Gasteiger partial charge in [-0.25, -0.2) is 0 Å². The van der Waals surface area contributed by atoms with Gasteiger partial charge in [0.2, 0.25) is 0 Å². The summed E-state index contributed by atoms with van der Waals surface area (Å²) in [5, 5.41) is 12.4. The number of nitrogens with one attached hydrogen (secondary N) is 1. The Balaban J connectivity index is 2.03. The van der Waals surface area contributed by atoms with E-state index in [2.05, 4.69) is 9.82 Å². The van der Waals surface area contributed by atoms with E-state index in [0.717, 1.165) is 25.7 Å². The first-order chi connectivity index (χ1) is 9.47. The van der Waals surface area contributed by atoms with Crippen LogP contribution < -0.4 is 4.72 Å². The van der Waals surface area contributed by atoms with Gasteiger partial charge in [-0.2, -0.15) is 17.8 Å². The molecule has 20 heavy (non-hydrogen) atoms. The highest BCUT2D eigenvalue weighted by Gasteiger charge is 2.23. The van der Waals surface area contributed by atoms with Gasteiger partial charge in [0, 0.05) is 19.3 Å². The third-order valence-corrected chi connectivity index (χ3v) is 4.62. The summed E-state index contributed by atoms with van der Waals surface area (Å²) in [7, 11) is -3.59. The van der Waals surface area contributed by atoms with Crippen LogP contribution in [0.1, 0.15) is 25.7 Å². The number of carboxylic acid groups (broad SMARTS) is 1. The normalized spacial score (nSPS) is 17.6. The lowest BCUT2D eigenvalue weighted by molar-refractivity contribution is -0.137. The zero-order valence-electron chi connectivity index (χ0n) is 11.0. The Kier molecular flexibility index (Phi) is 4.61. The van der Waals surface area contributed by atoms with Gasteiger partial charge in [0.1, 0.15) is 6.54 Å². The third-order valence-electron chi connectivity index (χ3n) is 3.08. The topological polar surface area (TPSA) is 105 Å². The molecule has 1 aromatic rings. The number of carbonyl (C=O) groups is 1. The van der Waals surface area contributed by atoms with Crippen molar-refractivity contribution in [3.63, 3.8) is 0 Å². The standard InChI is InChI=1S/C11H18N4O4S/c16-11(17)9-14-8-10(7-12-14)13-20(18,19)15-5-3-1-2-4-6-15/h7-8,13H,1-6,9H2,(H,16,17). The van der Waals surface area contributed by atoms with Gasteiger partial charge in [0.15, 0.2) is 0 Å². The van der Waals surface area contributed by atoms with Crippen molar-refractivity contribution in [1.29, 1.82) is 0 Å². The predicted octanol–water partition coefficient (Wildman–Crippen LogP) is 0.500. The Morgan fingerprint density at radius 3 is 2.55 bits per heavy atom. The zero-order chi connectivity index (χ0) is 14.6. The van der Waals surface area contributed by atoms with Crippen LogP contribution in [-0.2, 0) is 21.5 Å². The molecule has 2 heterocycles. The summed E-state index contributed by atoms with van der Waals surface area (Å²) < 4.78 is 29.4. The zero-order valence-corrected chi connectivity index (χ0v) is 11.8. The first-order valence-electron chi connectivity index (χ1n) is 6.49. The van der Waals surface area contributed by atoms with Gasteiger partial charge in [0.05, 0.1) is 11.9 Å². The second kappa shape index (κ2) is 6.23. The lowest BCUT2D eigenvalue weighted by atomic mass is 10.2. The molecule has 1 aromatic heterocycles. The van der Waals surface area contributed by atoms with E-state index in [0.29, 0.717) is 13.1 Å². The van der Waals surface area contributed by atoms with Crippen LogP contribution in [0.3, 0.4) is 0 Å². The Hall–Kier alpha value is -1.61. The van der Waals surface area contributed by atoms with E-state index in [4.69, 9.17) is 5.11 Å². The average molecular weight is 302 g/mol. The molecule has 8 nitrogen and oxygen atoms in total. The van der Waals surface area contributed by atoms with Crippen molar-refractivity contribution < 1.29 is 18.3 Å². The van der Waals surface area contributed by atoms with Crippen molar-refractivity contribution >= 4 is 21.9 Å². The number of hydrogen-bond acceptors (Lipinski definition) is 4. The molecule has 1 aliphatic rings. The maximum absolute atomic E-state index is 12.2. The summed E-state index contributed by atoms with van der Waals surface area (Å²) in [6.45, 7) is 0.725. The lowest BCUT2D eigenvalue weighted by Gasteiger charge is -2.19. The number of carboxylic acids is 1. The quantitative estimate of drug-likeness (QED) is 0.824. The highest BCUT2D eigenvalue weighted by Crippen LogP contribution is 2.16. The first kappa shape index (κ1) is 14.8. The fourth-order valence-electron chi connectivity index (χ4n) is 2.14. The summed E-state index contributed by atoms with van der Waals surface area (Å²) in [6.07, 6.45) is 6.48. The molecule has 9 heteroatoms. The largest absolute Gasteiger partial charge is 0.480 e. The molecule has 1 saturated heterocycles. The fraction of sp³-hybridized carbons (Fsp3) is 0.636. The molecule has 1 aliphatic heterocycles. The Morgan fingerprint density at radius 2 is 1.95 bits per heavy atom. The van der Waals surface area contributed by atoms with Crippen molar-refractivity contribution in [2.45, 2.75) is 32.2 Å². The molecule has 1 fully saturated rings. The number of anilines is 1. The van der Waals surface area contributed by atoms with Crippen molar-refractivity contribution in [3.05, 3.63) is 12.4 Å². The molecule has 0 spiro atoms. The van der Waals surface area contributed by atoms with Gasteiger partial charge in [-0.05, 0) is 12.8 Å². The summed E-state index contributed by atoms with van der Waals surface area (Å²) >= 11 is 0. The molecule has 2 rings (SSSR count). The molecule has 0 unspecified atom stereocenters. The minimum atomic E-state index is -3.59. The summed E-state index contributed by atoms with van der Waals surface area (Å²) in [4.78, 5) is 10.5. The fourth-order valence-corrected chi connectivity index (χ4v) is 3.41. The maximum Gasteiger partial charge on any atom is 0.325 e. The molecular formula is C11H18N4O4S. The molecule has 112 valence electrons. The molecule has 2 N–H and O–H groups in total. The first-order valence-corrected chi connectivity index (χ1v) is 7.93. The maximum atomic E-state index is 12.2. The highest BCUT2D eigenvalue weighted by atomic mass is 32.2. The SMILES string of the molecule is O=C(O)Cn1cc(NS(=O)(=O)N2CCCCCC2)cn1. The number of hydrogen-bond donors (Lipinski definition) is 2. The minimum Gasteiger partial charge on any atom is -0.480 e. The second-order valence-electron chi connectivity index (χ2n) is 4.74. The van der Waals surface area contributed by atoms with Crippen molar-refractivity contribution in [1.82, 2.24) is 14.1 Å². The number of nitrogens with zero attached hydrogens (tertiary/aromatic N) is 3. The van der Waals surface area contributed by atoms with E-state index in [1.807, 2.05) is 0 Å². The monoisotopic (exact) mass is 302 g/mol. The van der Waals surface area contributed by atoms with Crippen LogP contribution in [-0.4, -0.2) is 46.7 Å². The average Bonchev–Trinajstić information content (AvgIpc) is 2.64. The van der Waals surface area contributed by atoms with Crippen LogP contribution >= 0.6 is 0 Å². The van der Waals surface area contributed by atoms with Gasteiger partial charge in [0.25, 0.3) is 0 Å². The molecule has 0 aliphatic carbocycles. The van der Waals surface area contributed by atoms with Gasteiger partial charge in [-0.3, -0.25) is 14.2 Å². The summed E-state index contributed by atoms with van der Waals surface area (Å²) in [5.41, 5.74) is 0.274. The van der Waals surface area contributed by atoms with Gasteiger partial charge < -0.3 is 5.11 Å². The van der Waals surface area contributed by atoms with Gasteiger partial charge >= 0.3 is 16.2 Å². The summed E-state index contributed by atoms with van der Waals surface area (Å²) in [5.74, 6) is -1.03. The van der Waals surface area contributed by atoms with Crippen LogP contribution in [0, 0.1) is 0 Å². The van der Waals surface area contributed by atoms with E-state index in [1.165, 1.54) is 21.4 Å². The van der Waals surface area contributed by atoms with E-state index in [-0.39, 0.29) is 12.2 Å². The number of aromatic nitrogens is 2. The van der Waals surface area contributed by atoms with E-state index >= 15 is 0 Å². The molecule has 0 atom stereocenters. The highest BCUT2D eigenvalue weighted by molar-refractivity contribution is 7.90. The van der Waals surface area contributed by atoms with Crippen LogP contribution in [0.4, 0.5) is 5.69 Å². The van der Waals surface area contributed by atoms with Crippen molar-refractivity contribution in [2.75, 3.05) is 17.8 Å². The molecule has 0 aromatic carbocycles. The lowest BCUT2D eigenvalue weighted by Crippen LogP contribution is -2.36. The van der Waals surface area contributed by atoms with E-state index in [9.17, 15) is 13.2 Å². The van der Waals surface area contributed by atoms with E-state index in [1.54, 1.807) is 0 Å². The van der Waals surface area contributed by atoms with Crippen molar-refractivity contribution in [3.8, 4) is 0 Å².